The molecule has 0 bridgehead atoms. The molecule has 0 spiro atoms. The van der Waals surface area contributed by atoms with E-state index in [-0.39, 0.29) is 0 Å². The zero-order valence-corrected chi connectivity index (χ0v) is 8.27. The molecule has 1 unspecified atom stereocenters. The van der Waals surface area contributed by atoms with Gasteiger partial charge >= 0.3 is 0 Å². The second-order valence-electron chi connectivity index (χ2n) is 4.09. The van der Waals surface area contributed by atoms with E-state index in [1.807, 2.05) is 19.1 Å². The van der Waals surface area contributed by atoms with Crippen LogP contribution in [-0.2, 0) is 0 Å². The first-order valence-electron chi connectivity index (χ1n) is 4.77. The lowest BCUT2D eigenvalue weighted by Crippen LogP contribution is -2.30. The van der Waals surface area contributed by atoms with Crippen molar-refractivity contribution in [3.63, 3.8) is 0 Å². The lowest BCUT2D eigenvalue weighted by molar-refractivity contribution is 0.0839. The van der Waals surface area contributed by atoms with Crippen molar-refractivity contribution < 1.29 is 5.11 Å². The van der Waals surface area contributed by atoms with Crippen LogP contribution in [0.4, 0.5) is 11.6 Å². The fourth-order valence-electron chi connectivity index (χ4n) is 1.76. The van der Waals surface area contributed by atoms with Crippen molar-refractivity contribution >= 4 is 11.6 Å². The molecule has 14 heavy (non-hydrogen) atoms. The van der Waals surface area contributed by atoms with Crippen LogP contribution in [0.25, 0.3) is 0 Å². The van der Waals surface area contributed by atoms with Crippen LogP contribution in [0.3, 0.4) is 0 Å². The van der Waals surface area contributed by atoms with Crippen LogP contribution in [0.15, 0.2) is 18.2 Å². The molecule has 1 atom stereocenters. The molecule has 2 rings (SSSR count). The number of anilines is 2. The van der Waals surface area contributed by atoms with E-state index in [4.69, 9.17) is 5.73 Å². The first-order valence-corrected chi connectivity index (χ1v) is 4.77. The number of hydrogen-bond donors (Lipinski definition) is 2. The Bertz CT molecular complexity index is 338. The first kappa shape index (κ1) is 9.27. The summed E-state index contributed by atoms with van der Waals surface area (Å²) in [4.78, 5) is 6.27. The van der Waals surface area contributed by atoms with Crippen molar-refractivity contribution in [2.24, 2.45) is 0 Å². The van der Waals surface area contributed by atoms with Gasteiger partial charge in [0.25, 0.3) is 0 Å². The predicted octanol–water partition coefficient (Wildman–Crippen LogP) is 0.625. The second kappa shape index (κ2) is 3.13. The van der Waals surface area contributed by atoms with Crippen LogP contribution >= 0.6 is 0 Å². The molecule has 1 aromatic rings. The Morgan fingerprint density at radius 1 is 1.57 bits per heavy atom. The maximum Gasteiger partial charge on any atom is 0.131 e. The molecule has 1 saturated heterocycles. The lowest BCUT2D eigenvalue weighted by Gasteiger charge is -2.19. The number of rotatable bonds is 1. The van der Waals surface area contributed by atoms with Crippen molar-refractivity contribution in [2.75, 3.05) is 23.7 Å². The van der Waals surface area contributed by atoms with Gasteiger partial charge in [-0.05, 0) is 25.5 Å². The van der Waals surface area contributed by atoms with Crippen LogP contribution in [0.1, 0.15) is 13.3 Å². The number of aliphatic hydroxyl groups is 1. The summed E-state index contributed by atoms with van der Waals surface area (Å²) in [6.45, 7) is 3.31. The molecule has 4 nitrogen and oxygen atoms in total. The minimum Gasteiger partial charge on any atom is -0.388 e. The molecule has 0 radical (unpaired) electrons. The molecular weight excluding hydrogens is 178 g/mol. The maximum atomic E-state index is 9.79. The van der Waals surface area contributed by atoms with E-state index < -0.39 is 5.60 Å². The van der Waals surface area contributed by atoms with Gasteiger partial charge in [-0.15, -0.1) is 0 Å². The van der Waals surface area contributed by atoms with Gasteiger partial charge < -0.3 is 15.7 Å². The van der Waals surface area contributed by atoms with Crippen LogP contribution in [0.2, 0.25) is 0 Å². The highest BCUT2D eigenvalue weighted by Gasteiger charge is 2.31. The SMILES string of the molecule is CC1(O)CCN(c2cccc(N)n2)C1. The summed E-state index contributed by atoms with van der Waals surface area (Å²) in [7, 11) is 0. The third kappa shape index (κ3) is 1.80. The summed E-state index contributed by atoms with van der Waals surface area (Å²) in [5, 5.41) is 9.79. The molecule has 0 saturated carbocycles. The first-order chi connectivity index (χ1) is 6.57. The van der Waals surface area contributed by atoms with Crippen LogP contribution in [-0.4, -0.2) is 28.8 Å². The van der Waals surface area contributed by atoms with E-state index in [0.717, 1.165) is 18.8 Å². The topological polar surface area (TPSA) is 62.4 Å². The molecule has 0 amide bonds. The molecule has 1 aliphatic rings. The van der Waals surface area contributed by atoms with E-state index in [2.05, 4.69) is 9.88 Å². The second-order valence-corrected chi connectivity index (χ2v) is 4.09. The molecular formula is C10H15N3O. The average molecular weight is 193 g/mol. The van der Waals surface area contributed by atoms with E-state index in [0.29, 0.717) is 12.4 Å². The molecule has 76 valence electrons. The molecule has 1 fully saturated rings. The Labute approximate surface area is 83.4 Å². The Hall–Kier alpha value is -1.29. The van der Waals surface area contributed by atoms with E-state index >= 15 is 0 Å². The van der Waals surface area contributed by atoms with Crippen molar-refractivity contribution in [1.82, 2.24) is 4.98 Å². The molecule has 1 aromatic heterocycles. The summed E-state index contributed by atoms with van der Waals surface area (Å²) in [5.41, 5.74) is 5.00. The smallest absolute Gasteiger partial charge is 0.131 e. The monoisotopic (exact) mass is 193 g/mol. The number of nitrogens with two attached hydrogens (primary N) is 1. The van der Waals surface area contributed by atoms with E-state index in [1.165, 1.54) is 0 Å². The Morgan fingerprint density at radius 2 is 2.36 bits per heavy atom. The fourth-order valence-corrected chi connectivity index (χ4v) is 1.76. The summed E-state index contributed by atoms with van der Waals surface area (Å²) < 4.78 is 0. The normalized spacial score (nSPS) is 26.9. The van der Waals surface area contributed by atoms with Gasteiger partial charge in [-0.2, -0.15) is 0 Å². The zero-order valence-electron chi connectivity index (χ0n) is 8.27. The van der Waals surface area contributed by atoms with Gasteiger partial charge in [0.05, 0.1) is 5.60 Å². The maximum absolute atomic E-state index is 9.79. The Morgan fingerprint density at radius 3 is 2.93 bits per heavy atom. The van der Waals surface area contributed by atoms with Gasteiger partial charge in [0.2, 0.25) is 0 Å². The van der Waals surface area contributed by atoms with Crippen molar-refractivity contribution in [3.05, 3.63) is 18.2 Å². The van der Waals surface area contributed by atoms with Crippen molar-refractivity contribution in [2.45, 2.75) is 18.9 Å². The minimum atomic E-state index is -0.591. The summed E-state index contributed by atoms with van der Waals surface area (Å²) in [5.74, 6) is 1.37. The standard InChI is InChI=1S/C10H15N3O/c1-10(14)5-6-13(7-10)9-4-2-3-8(11)12-9/h2-4,14H,5-7H2,1H3,(H2,11,12). The molecule has 1 aliphatic heterocycles. The minimum absolute atomic E-state index is 0.522. The summed E-state index contributed by atoms with van der Waals surface area (Å²) in [6, 6.07) is 5.56. The largest absolute Gasteiger partial charge is 0.388 e. The van der Waals surface area contributed by atoms with Crippen molar-refractivity contribution in [3.8, 4) is 0 Å². The highest BCUT2D eigenvalue weighted by molar-refractivity contribution is 5.46. The van der Waals surface area contributed by atoms with Gasteiger partial charge in [0.1, 0.15) is 11.6 Å². The van der Waals surface area contributed by atoms with E-state index in [1.54, 1.807) is 6.07 Å². The van der Waals surface area contributed by atoms with Gasteiger partial charge in [-0.25, -0.2) is 4.98 Å². The third-order valence-corrected chi connectivity index (χ3v) is 2.53. The van der Waals surface area contributed by atoms with Gasteiger partial charge in [0, 0.05) is 13.1 Å². The predicted molar refractivity (Wildman–Crippen MR) is 56.1 cm³/mol. The zero-order chi connectivity index (χ0) is 10.2. The average Bonchev–Trinajstić information content (AvgIpc) is 2.46. The van der Waals surface area contributed by atoms with Gasteiger partial charge in [0.15, 0.2) is 0 Å². The highest BCUT2D eigenvalue weighted by Crippen LogP contribution is 2.25. The number of β-amino-alcohol motifs (C(OH)–C–C–N with tert-alkyl or cyclic N) is 1. The van der Waals surface area contributed by atoms with Crippen molar-refractivity contribution in [1.29, 1.82) is 0 Å². The highest BCUT2D eigenvalue weighted by atomic mass is 16.3. The lowest BCUT2D eigenvalue weighted by atomic mass is 10.1. The van der Waals surface area contributed by atoms with Crippen LogP contribution in [0, 0.1) is 0 Å². The molecule has 0 aliphatic carbocycles. The van der Waals surface area contributed by atoms with E-state index in [9.17, 15) is 5.11 Å². The number of aromatic nitrogens is 1. The van der Waals surface area contributed by atoms with Gasteiger partial charge in [-0.1, -0.05) is 6.07 Å². The molecule has 3 N–H and O–H groups in total. The third-order valence-electron chi connectivity index (χ3n) is 2.53. The summed E-state index contributed by atoms with van der Waals surface area (Å²) in [6.07, 6.45) is 0.781. The molecule has 4 heteroatoms. The van der Waals surface area contributed by atoms with Crippen LogP contribution < -0.4 is 10.6 Å². The molecule has 0 aromatic carbocycles. The fraction of sp³-hybridized carbons (Fsp3) is 0.500. The number of nitrogens with zero attached hydrogens (tertiary/aromatic N) is 2. The van der Waals surface area contributed by atoms with Crippen LogP contribution in [0.5, 0.6) is 0 Å². The Balaban J connectivity index is 2.17. The Kier molecular flexibility index (Phi) is 2.07. The quantitative estimate of drug-likeness (QED) is 0.686. The number of hydrogen-bond acceptors (Lipinski definition) is 4. The number of pyridine rings is 1. The number of nitrogen functional groups attached to an aromatic ring is 1. The van der Waals surface area contributed by atoms with Gasteiger partial charge in [-0.3, -0.25) is 0 Å². The summed E-state index contributed by atoms with van der Waals surface area (Å²) >= 11 is 0. The molecule has 2 heterocycles.